The Labute approximate surface area is 103 Å². The third-order valence-electron chi connectivity index (χ3n) is 2.43. The Hall–Kier alpha value is -1.07. The van der Waals surface area contributed by atoms with Crippen LogP contribution in [0.25, 0.3) is 0 Å². The maximum absolute atomic E-state index is 11.5. The van der Waals surface area contributed by atoms with Gasteiger partial charge in [0, 0.05) is 12.7 Å². The summed E-state index contributed by atoms with van der Waals surface area (Å²) in [6, 6.07) is 0. The molecule has 0 saturated heterocycles. The first-order chi connectivity index (χ1) is 7.52. The van der Waals surface area contributed by atoms with Crippen LogP contribution in [0, 0.1) is 0 Å². The monoisotopic (exact) mass is 255 g/mol. The molecule has 1 aliphatic rings. The predicted molar refractivity (Wildman–Crippen MR) is 64.7 cm³/mol. The van der Waals surface area contributed by atoms with E-state index in [0.717, 1.165) is 16.4 Å². The Bertz CT molecular complexity index is 501. The second kappa shape index (κ2) is 4.07. The Morgan fingerprint density at radius 3 is 2.81 bits per heavy atom. The lowest BCUT2D eigenvalue weighted by molar-refractivity contribution is -0.113. The summed E-state index contributed by atoms with van der Waals surface area (Å²) in [6.45, 7) is 3.43. The fourth-order valence-electron chi connectivity index (χ4n) is 1.52. The number of aromatic nitrogens is 2. The molecule has 2 heterocycles. The van der Waals surface area contributed by atoms with Crippen molar-refractivity contribution >= 4 is 34.8 Å². The van der Waals surface area contributed by atoms with E-state index < -0.39 is 0 Å². The summed E-state index contributed by atoms with van der Waals surface area (Å²) in [5.74, 6) is 0.0368. The van der Waals surface area contributed by atoms with Crippen LogP contribution in [-0.2, 0) is 4.79 Å². The van der Waals surface area contributed by atoms with E-state index in [1.54, 1.807) is 6.92 Å². The fraction of sp³-hybridized carbons (Fsp3) is 0.300. The molecule has 16 heavy (non-hydrogen) atoms. The number of anilines is 1. The van der Waals surface area contributed by atoms with Crippen molar-refractivity contribution in [3.63, 3.8) is 0 Å². The smallest absolute Gasteiger partial charge is 0.168 e. The molecule has 2 rings (SSSR count). The van der Waals surface area contributed by atoms with E-state index in [9.17, 15) is 4.79 Å². The molecule has 0 aliphatic carbocycles. The van der Waals surface area contributed by atoms with Crippen LogP contribution in [0.1, 0.15) is 13.8 Å². The first-order valence-corrected chi connectivity index (χ1v) is 5.85. The third-order valence-corrected chi connectivity index (χ3v) is 3.99. The molecular weight excluding hydrogens is 246 g/mol. The van der Waals surface area contributed by atoms with E-state index in [-0.39, 0.29) is 5.78 Å². The molecule has 84 valence electrons. The number of fused-ring (bicyclic) bond motifs is 1. The van der Waals surface area contributed by atoms with Gasteiger partial charge in [0.25, 0.3) is 0 Å². The first-order valence-electron chi connectivity index (χ1n) is 4.66. The quantitative estimate of drug-likeness (QED) is 0.722. The van der Waals surface area contributed by atoms with Crippen molar-refractivity contribution in [2.45, 2.75) is 18.9 Å². The van der Waals surface area contributed by atoms with Crippen molar-refractivity contribution in [3.8, 4) is 0 Å². The summed E-state index contributed by atoms with van der Waals surface area (Å²) in [6.07, 6.45) is 1.40. The third kappa shape index (κ3) is 1.70. The number of nitrogens with zero attached hydrogens (tertiary/aromatic N) is 3. The van der Waals surface area contributed by atoms with Gasteiger partial charge in [-0.3, -0.25) is 4.79 Å². The van der Waals surface area contributed by atoms with E-state index in [1.165, 1.54) is 18.1 Å². The van der Waals surface area contributed by atoms with Crippen molar-refractivity contribution in [2.75, 3.05) is 11.9 Å². The van der Waals surface area contributed by atoms with Crippen LogP contribution < -0.4 is 4.90 Å². The standard InChI is InChI=1S/C10H10ClN3OS/c1-5-8(6(2)15)16-10-7(14(5)3)9(11)12-4-13-10/h4H,1-3H3. The Morgan fingerprint density at radius 2 is 2.19 bits per heavy atom. The van der Waals surface area contributed by atoms with Crippen molar-refractivity contribution in [1.29, 1.82) is 0 Å². The average Bonchev–Trinajstić information content (AvgIpc) is 2.22. The zero-order valence-electron chi connectivity index (χ0n) is 9.11. The minimum Gasteiger partial charge on any atom is -0.342 e. The van der Waals surface area contributed by atoms with E-state index in [0.29, 0.717) is 10.1 Å². The normalized spacial score (nSPS) is 15.1. The number of ketones is 1. The largest absolute Gasteiger partial charge is 0.342 e. The minimum atomic E-state index is 0.0368. The number of hydrogen-bond donors (Lipinski definition) is 0. The van der Waals surface area contributed by atoms with Gasteiger partial charge in [-0.15, -0.1) is 0 Å². The van der Waals surface area contributed by atoms with Gasteiger partial charge in [-0.05, 0) is 13.8 Å². The Morgan fingerprint density at radius 1 is 1.50 bits per heavy atom. The van der Waals surface area contributed by atoms with Gasteiger partial charge >= 0.3 is 0 Å². The maximum atomic E-state index is 11.5. The number of allylic oxidation sites excluding steroid dienone is 2. The SMILES string of the molecule is CC(=O)C1=C(C)N(C)c2c(Cl)ncnc2S1. The Kier molecular flexibility index (Phi) is 2.90. The molecule has 0 spiro atoms. The van der Waals surface area contributed by atoms with Crippen molar-refractivity contribution < 1.29 is 4.79 Å². The summed E-state index contributed by atoms with van der Waals surface area (Å²) in [7, 11) is 1.85. The molecule has 6 heteroatoms. The van der Waals surface area contributed by atoms with Crippen LogP contribution in [-0.4, -0.2) is 22.8 Å². The zero-order chi connectivity index (χ0) is 11.9. The number of carbonyl (C=O) groups excluding carboxylic acids is 1. The lowest BCUT2D eigenvalue weighted by Gasteiger charge is -2.28. The fourth-order valence-corrected chi connectivity index (χ4v) is 2.88. The zero-order valence-corrected chi connectivity index (χ0v) is 10.7. The summed E-state index contributed by atoms with van der Waals surface area (Å²) in [5.41, 5.74) is 1.64. The molecule has 4 nitrogen and oxygen atoms in total. The van der Waals surface area contributed by atoms with Crippen molar-refractivity contribution in [3.05, 3.63) is 22.1 Å². The molecule has 1 aromatic heterocycles. The number of rotatable bonds is 1. The molecule has 0 unspecified atom stereocenters. The summed E-state index contributed by atoms with van der Waals surface area (Å²) in [5, 5.41) is 1.13. The molecular formula is C10H10ClN3OS. The molecule has 0 atom stereocenters. The molecule has 0 saturated carbocycles. The van der Waals surface area contributed by atoms with Crippen LogP contribution in [0.15, 0.2) is 22.0 Å². The number of thioether (sulfide) groups is 1. The molecule has 1 aromatic rings. The highest BCUT2D eigenvalue weighted by Crippen LogP contribution is 2.43. The minimum absolute atomic E-state index is 0.0368. The van der Waals surface area contributed by atoms with E-state index in [2.05, 4.69) is 9.97 Å². The van der Waals surface area contributed by atoms with Gasteiger partial charge in [0.05, 0.1) is 4.91 Å². The molecule has 0 aromatic carbocycles. The highest BCUT2D eigenvalue weighted by atomic mass is 35.5. The van der Waals surface area contributed by atoms with Crippen LogP contribution in [0.3, 0.4) is 0 Å². The lowest BCUT2D eigenvalue weighted by Crippen LogP contribution is -2.22. The van der Waals surface area contributed by atoms with Gasteiger partial charge in [0.15, 0.2) is 10.9 Å². The average molecular weight is 256 g/mol. The molecule has 0 fully saturated rings. The summed E-state index contributed by atoms with van der Waals surface area (Å²) in [4.78, 5) is 22.1. The lowest BCUT2D eigenvalue weighted by atomic mass is 10.3. The van der Waals surface area contributed by atoms with E-state index in [4.69, 9.17) is 11.6 Å². The maximum Gasteiger partial charge on any atom is 0.168 e. The van der Waals surface area contributed by atoms with Gasteiger partial charge in [-0.1, -0.05) is 23.4 Å². The Balaban J connectivity index is 2.58. The summed E-state index contributed by atoms with van der Waals surface area (Å²) < 4.78 is 0. The van der Waals surface area contributed by atoms with Gasteiger partial charge in [-0.25, -0.2) is 9.97 Å². The number of carbonyl (C=O) groups is 1. The number of hydrogen-bond acceptors (Lipinski definition) is 5. The van der Waals surface area contributed by atoms with Gasteiger partial charge in [0.1, 0.15) is 17.0 Å². The van der Waals surface area contributed by atoms with Gasteiger partial charge < -0.3 is 4.90 Å². The molecule has 1 aliphatic heterocycles. The second-order valence-corrected chi connectivity index (χ2v) is 4.81. The molecule has 0 bridgehead atoms. The van der Waals surface area contributed by atoms with E-state index in [1.807, 2.05) is 18.9 Å². The topological polar surface area (TPSA) is 46.1 Å². The molecule has 0 N–H and O–H groups in total. The van der Waals surface area contributed by atoms with Crippen molar-refractivity contribution in [1.82, 2.24) is 9.97 Å². The van der Waals surface area contributed by atoms with Gasteiger partial charge in [0.2, 0.25) is 0 Å². The van der Waals surface area contributed by atoms with Gasteiger partial charge in [-0.2, -0.15) is 0 Å². The predicted octanol–water partition coefficient (Wildman–Crippen LogP) is 2.49. The highest BCUT2D eigenvalue weighted by Gasteiger charge is 2.26. The van der Waals surface area contributed by atoms with E-state index >= 15 is 0 Å². The molecule has 0 amide bonds. The van der Waals surface area contributed by atoms with Crippen LogP contribution >= 0.6 is 23.4 Å². The summed E-state index contributed by atoms with van der Waals surface area (Å²) >= 11 is 7.36. The first kappa shape index (κ1) is 11.4. The highest BCUT2D eigenvalue weighted by molar-refractivity contribution is 8.04. The van der Waals surface area contributed by atoms with Crippen molar-refractivity contribution in [2.24, 2.45) is 0 Å². The number of halogens is 1. The van der Waals surface area contributed by atoms with Crippen LogP contribution in [0.4, 0.5) is 5.69 Å². The van der Waals surface area contributed by atoms with Crippen LogP contribution in [0.2, 0.25) is 5.15 Å². The molecule has 0 radical (unpaired) electrons. The van der Waals surface area contributed by atoms with Crippen LogP contribution in [0.5, 0.6) is 0 Å². The number of Topliss-reactive ketones (excluding diaryl/α,β-unsaturated/α-hetero) is 1. The second-order valence-electron chi connectivity index (χ2n) is 3.45.